The fraction of sp³-hybridized carbons (Fsp3) is 0.500. The molecule has 22 heavy (non-hydrogen) atoms. The average molecular weight is 301 g/mol. The molecule has 1 amide bonds. The molecule has 2 aromatic rings. The molecular formula is C14H19N7O. The smallest absolute Gasteiger partial charge is 0.273 e. The van der Waals surface area contributed by atoms with Gasteiger partial charge in [-0.15, -0.1) is 5.10 Å². The molecule has 116 valence electrons. The Balaban J connectivity index is 1.61. The monoisotopic (exact) mass is 301 g/mol. The number of carbonyl (C=O) groups excluding carboxylic acids is 1. The van der Waals surface area contributed by atoms with Crippen molar-refractivity contribution >= 4 is 11.9 Å². The number of piperidine rings is 1. The van der Waals surface area contributed by atoms with Crippen molar-refractivity contribution in [2.45, 2.75) is 25.8 Å². The highest BCUT2D eigenvalue weighted by Gasteiger charge is 2.14. The van der Waals surface area contributed by atoms with Crippen molar-refractivity contribution < 1.29 is 4.79 Å². The Hall–Kier alpha value is -2.51. The Morgan fingerprint density at radius 2 is 2.14 bits per heavy atom. The number of aromatic nitrogens is 5. The highest BCUT2D eigenvalue weighted by atomic mass is 16.2. The van der Waals surface area contributed by atoms with Gasteiger partial charge in [0, 0.05) is 26.3 Å². The number of amides is 1. The summed E-state index contributed by atoms with van der Waals surface area (Å²) in [7, 11) is 1.72. The van der Waals surface area contributed by atoms with E-state index >= 15 is 0 Å². The lowest BCUT2D eigenvalue weighted by atomic mass is 10.1. The third-order valence-electron chi connectivity index (χ3n) is 3.60. The molecule has 0 saturated carbocycles. The summed E-state index contributed by atoms with van der Waals surface area (Å²) in [6.45, 7) is 2.34. The summed E-state index contributed by atoms with van der Waals surface area (Å²) >= 11 is 0. The Bertz CT molecular complexity index is 648. The third-order valence-corrected chi connectivity index (χ3v) is 3.60. The predicted octanol–water partition coefficient (Wildman–Crippen LogP) is 0.525. The molecule has 1 fully saturated rings. The predicted molar refractivity (Wildman–Crippen MR) is 80.3 cm³/mol. The van der Waals surface area contributed by atoms with Crippen molar-refractivity contribution in [2.75, 3.05) is 18.0 Å². The Morgan fingerprint density at radius 3 is 2.86 bits per heavy atom. The summed E-state index contributed by atoms with van der Waals surface area (Å²) < 4.78 is 1.49. The molecule has 2 aromatic heterocycles. The highest BCUT2D eigenvalue weighted by molar-refractivity contribution is 5.91. The first-order valence-electron chi connectivity index (χ1n) is 7.44. The maximum Gasteiger partial charge on any atom is 0.273 e. The summed E-state index contributed by atoms with van der Waals surface area (Å²) in [6, 6.07) is 1.81. The van der Waals surface area contributed by atoms with Gasteiger partial charge in [0.25, 0.3) is 5.91 Å². The van der Waals surface area contributed by atoms with Gasteiger partial charge in [0.2, 0.25) is 5.95 Å². The minimum atomic E-state index is -0.258. The van der Waals surface area contributed by atoms with Gasteiger partial charge in [-0.3, -0.25) is 9.48 Å². The lowest BCUT2D eigenvalue weighted by Gasteiger charge is -2.26. The number of anilines is 1. The van der Waals surface area contributed by atoms with Crippen LogP contribution in [0.1, 0.15) is 35.4 Å². The van der Waals surface area contributed by atoms with E-state index in [2.05, 4.69) is 30.5 Å². The molecule has 0 aliphatic carbocycles. The van der Waals surface area contributed by atoms with Crippen LogP contribution in [0.4, 0.5) is 5.95 Å². The Morgan fingerprint density at radius 1 is 1.32 bits per heavy atom. The van der Waals surface area contributed by atoms with E-state index in [-0.39, 0.29) is 5.91 Å². The third kappa shape index (κ3) is 3.38. The van der Waals surface area contributed by atoms with E-state index in [0.29, 0.717) is 12.2 Å². The molecule has 1 aliphatic heterocycles. The fourth-order valence-electron chi connectivity index (χ4n) is 2.44. The molecule has 0 radical (unpaired) electrons. The number of aryl methyl sites for hydroxylation is 1. The van der Waals surface area contributed by atoms with Gasteiger partial charge in [-0.1, -0.05) is 5.21 Å². The molecule has 8 heteroatoms. The van der Waals surface area contributed by atoms with Crippen LogP contribution >= 0.6 is 0 Å². The Labute approximate surface area is 128 Å². The van der Waals surface area contributed by atoms with Gasteiger partial charge in [-0.2, -0.15) is 0 Å². The van der Waals surface area contributed by atoms with Gasteiger partial charge >= 0.3 is 0 Å². The van der Waals surface area contributed by atoms with Crippen molar-refractivity contribution in [3.05, 3.63) is 29.8 Å². The van der Waals surface area contributed by atoms with Crippen LogP contribution in [-0.4, -0.2) is 44.0 Å². The van der Waals surface area contributed by atoms with Crippen LogP contribution in [0, 0.1) is 0 Å². The normalized spacial score (nSPS) is 14.9. The molecule has 0 unspecified atom stereocenters. The van der Waals surface area contributed by atoms with Crippen molar-refractivity contribution in [1.29, 1.82) is 0 Å². The van der Waals surface area contributed by atoms with Crippen LogP contribution in [-0.2, 0) is 13.6 Å². The summed E-state index contributed by atoms with van der Waals surface area (Å²) in [5.74, 6) is 0.484. The van der Waals surface area contributed by atoms with Gasteiger partial charge in [0.15, 0.2) is 5.69 Å². The van der Waals surface area contributed by atoms with Crippen LogP contribution in [0.25, 0.3) is 0 Å². The van der Waals surface area contributed by atoms with Gasteiger partial charge in [-0.25, -0.2) is 9.97 Å². The second-order valence-corrected chi connectivity index (χ2v) is 5.36. The van der Waals surface area contributed by atoms with E-state index in [0.717, 1.165) is 24.7 Å². The van der Waals surface area contributed by atoms with Crippen molar-refractivity contribution in [2.24, 2.45) is 7.05 Å². The summed E-state index contributed by atoms with van der Waals surface area (Å²) in [4.78, 5) is 23.0. The maximum atomic E-state index is 11.9. The first-order chi connectivity index (χ1) is 10.7. The van der Waals surface area contributed by atoms with Crippen LogP contribution in [0.2, 0.25) is 0 Å². The zero-order valence-electron chi connectivity index (χ0n) is 12.6. The standard InChI is InChI=1S/C14H19N7O/c1-20-10-12(18-19-20)13(22)16-9-11-5-6-15-14(17-11)21-7-3-2-4-8-21/h5-6,10H,2-4,7-9H2,1H3,(H,16,22). The minimum absolute atomic E-state index is 0.258. The van der Waals surface area contributed by atoms with E-state index in [1.807, 2.05) is 6.07 Å². The molecule has 1 saturated heterocycles. The van der Waals surface area contributed by atoms with E-state index in [1.54, 1.807) is 19.4 Å². The maximum absolute atomic E-state index is 11.9. The van der Waals surface area contributed by atoms with Crippen molar-refractivity contribution in [1.82, 2.24) is 30.3 Å². The first kappa shape index (κ1) is 14.4. The molecule has 0 bridgehead atoms. The zero-order valence-corrected chi connectivity index (χ0v) is 12.6. The van der Waals surface area contributed by atoms with Gasteiger partial charge in [0.05, 0.1) is 18.4 Å². The second kappa shape index (κ2) is 6.50. The fourth-order valence-corrected chi connectivity index (χ4v) is 2.44. The van der Waals surface area contributed by atoms with Crippen LogP contribution in [0.15, 0.2) is 18.5 Å². The topological polar surface area (TPSA) is 88.8 Å². The van der Waals surface area contributed by atoms with Crippen molar-refractivity contribution in [3.8, 4) is 0 Å². The number of hydrogen-bond acceptors (Lipinski definition) is 6. The lowest BCUT2D eigenvalue weighted by molar-refractivity contribution is 0.0945. The van der Waals surface area contributed by atoms with Crippen LogP contribution in [0.3, 0.4) is 0 Å². The molecule has 0 spiro atoms. The molecular weight excluding hydrogens is 282 g/mol. The van der Waals surface area contributed by atoms with Gasteiger partial charge in [-0.05, 0) is 25.3 Å². The quantitative estimate of drug-likeness (QED) is 0.886. The lowest BCUT2D eigenvalue weighted by Crippen LogP contribution is -2.31. The SMILES string of the molecule is Cn1cc(C(=O)NCc2ccnc(N3CCCCC3)n2)nn1. The van der Waals surface area contributed by atoms with Gasteiger partial charge in [0.1, 0.15) is 0 Å². The first-order valence-corrected chi connectivity index (χ1v) is 7.44. The van der Waals surface area contributed by atoms with Crippen LogP contribution < -0.4 is 10.2 Å². The van der Waals surface area contributed by atoms with E-state index in [9.17, 15) is 4.79 Å². The molecule has 3 rings (SSSR count). The Kier molecular flexibility index (Phi) is 4.27. The summed E-state index contributed by atoms with van der Waals surface area (Å²) in [5, 5.41) is 10.3. The minimum Gasteiger partial charge on any atom is -0.345 e. The summed E-state index contributed by atoms with van der Waals surface area (Å²) in [6.07, 6.45) is 6.94. The van der Waals surface area contributed by atoms with E-state index in [1.165, 1.54) is 23.9 Å². The molecule has 3 heterocycles. The van der Waals surface area contributed by atoms with E-state index < -0.39 is 0 Å². The summed E-state index contributed by atoms with van der Waals surface area (Å²) in [5.41, 5.74) is 1.08. The zero-order chi connectivity index (χ0) is 15.4. The largest absolute Gasteiger partial charge is 0.345 e. The van der Waals surface area contributed by atoms with Crippen molar-refractivity contribution in [3.63, 3.8) is 0 Å². The van der Waals surface area contributed by atoms with E-state index in [4.69, 9.17) is 0 Å². The molecule has 1 aliphatic rings. The number of rotatable bonds is 4. The molecule has 1 N–H and O–H groups in total. The average Bonchev–Trinajstić information content (AvgIpc) is 3.00. The molecule has 0 aromatic carbocycles. The number of carbonyl (C=O) groups is 1. The molecule has 8 nitrogen and oxygen atoms in total. The van der Waals surface area contributed by atoms with Crippen LogP contribution in [0.5, 0.6) is 0 Å². The highest BCUT2D eigenvalue weighted by Crippen LogP contribution is 2.15. The number of hydrogen-bond donors (Lipinski definition) is 1. The van der Waals surface area contributed by atoms with Gasteiger partial charge < -0.3 is 10.2 Å². The second-order valence-electron chi connectivity index (χ2n) is 5.36. The number of nitrogens with one attached hydrogen (secondary N) is 1. The number of nitrogens with zero attached hydrogens (tertiary/aromatic N) is 6. The molecule has 0 atom stereocenters.